The molecule has 1 N–H and O–H groups in total. The fourth-order valence-electron chi connectivity index (χ4n) is 4.90. The Hall–Kier alpha value is -4.16. The second-order valence-electron chi connectivity index (χ2n) is 12.7. The Morgan fingerprint density at radius 1 is 0.978 bits per heavy atom. The Balaban J connectivity index is 1.76. The zero-order valence-corrected chi connectivity index (χ0v) is 27.1. The van der Waals surface area contributed by atoms with Gasteiger partial charge in [-0.1, -0.05) is 76.3 Å². The number of aromatic nitrogens is 2. The zero-order valence-electron chi connectivity index (χ0n) is 26.3. The molecule has 0 spiro atoms. The first kappa shape index (κ1) is 33.7. The van der Waals surface area contributed by atoms with Crippen LogP contribution in [0.3, 0.4) is 0 Å². The van der Waals surface area contributed by atoms with E-state index < -0.39 is 23.1 Å². The van der Waals surface area contributed by atoms with Crippen LogP contribution in [0.15, 0.2) is 66.9 Å². The highest BCUT2D eigenvalue weighted by Crippen LogP contribution is 2.46. The number of rotatable bonds is 10. The number of ether oxygens (including phenoxy) is 2. The SMILES string of the molecule is CN(C)CC(C)(C)COc1cccc(-c2sc(N(C(=O)O)c3cccnc3Oc3ccccc3C(C)(C)C)nc2C(F)(F)F)c1. The van der Waals surface area contributed by atoms with Gasteiger partial charge in [-0.3, -0.25) is 0 Å². The van der Waals surface area contributed by atoms with E-state index in [0.29, 0.717) is 34.3 Å². The summed E-state index contributed by atoms with van der Waals surface area (Å²) >= 11 is 0.602. The zero-order chi connectivity index (χ0) is 33.2. The van der Waals surface area contributed by atoms with Gasteiger partial charge < -0.3 is 19.5 Å². The van der Waals surface area contributed by atoms with Crippen LogP contribution < -0.4 is 14.4 Å². The Kier molecular flexibility index (Phi) is 9.79. The van der Waals surface area contributed by atoms with Crippen molar-refractivity contribution in [3.63, 3.8) is 0 Å². The number of benzene rings is 2. The van der Waals surface area contributed by atoms with Crippen LogP contribution in [0.2, 0.25) is 0 Å². The number of carboxylic acid groups (broad SMARTS) is 1. The standard InChI is InChI=1S/C33H37F3N4O4S/c1-31(2,3)23-14-8-9-16-25(23)44-28-24(15-11-17-37-28)40(30(41)42)29-38-27(33(34,35)36)26(45-29)21-12-10-13-22(18-21)43-20-32(4,5)19-39(6)7/h8-18H,19-20H2,1-7H3,(H,41,42). The molecule has 2 heterocycles. The van der Waals surface area contributed by atoms with E-state index in [1.807, 2.05) is 65.7 Å². The van der Waals surface area contributed by atoms with Crippen molar-refractivity contribution in [2.45, 2.75) is 46.2 Å². The predicted molar refractivity (Wildman–Crippen MR) is 170 cm³/mol. The maximum Gasteiger partial charge on any atom is 0.434 e. The van der Waals surface area contributed by atoms with Gasteiger partial charge in [-0.25, -0.2) is 19.7 Å². The molecule has 0 aliphatic rings. The molecule has 0 aliphatic heterocycles. The van der Waals surface area contributed by atoms with Gasteiger partial charge in [-0.2, -0.15) is 13.2 Å². The lowest BCUT2D eigenvalue weighted by atomic mass is 9.86. The first-order valence-corrected chi connectivity index (χ1v) is 15.0. The summed E-state index contributed by atoms with van der Waals surface area (Å²) in [5, 5.41) is 9.87. The Labute approximate surface area is 265 Å². The fraction of sp³-hybridized carbons (Fsp3) is 0.364. The Morgan fingerprint density at radius 3 is 2.33 bits per heavy atom. The summed E-state index contributed by atoms with van der Waals surface area (Å²) in [5.74, 6) is 0.729. The van der Waals surface area contributed by atoms with E-state index in [1.165, 1.54) is 30.5 Å². The second kappa shape index (κ2) is 13.1. The van der Waals surface area contributed by atoms with Crippen LogP contribution in [-0.2, 0) is 11.6 Å². The lowest BCUT2D eigenvalue weighted by Crippen LogP contribution is -2.33. The summed E-state index contributed by atoms with van der Waals surface area (Å²) < 4.78 is 55.2. The minimum absolute atomic E-state index is 0.0806. The van der Waals surface area contributed by atoms with Gasteiger partial charge in [0, 0.05) is 23.7 Å². The lowest BCUT2D eigenvalue weighted by Gasteiger charge is -2.28. The van der Waals surface area contributed by atoms with Gasteiger partial charge in [0.1, 0.15) is 17.2 Å². The van der Waals surface area contributed by atoms with Gasteiger partial charge in [0.15, 0.2) is 5.69 Å². The second-order valence-corrected chi connectivity index (χ2v) is 13.7. The highest BCUT2D eigenvalue weighted by molar-refractivity contribution is 7.19. The number of thiazole rings is 1. The average Bonchev–Trinajstić information content (AvgIpc) is 3.38. The molecular formula is C33H37F3N4O4S. The molecule has 0 saturated carbocycles. The molecule has 0 saturated heterocycles. The van der Waals surface area contributed by atoms with Gasteiger partial charge in [-0.05, 0) is 55.4 Å². The van der Waals surface area contributed by atoms with E-state index in [1.54, 1.807) is 24.3 Å². The number of alkyl halides is 3. The van der Waals surface area contributed by atoms with Gasteiger partial charge in [0.2, 0.25) is 11.0 Å². The van der Waals surface area contributed by atoms with E-state index in [4.69, 9.17) is 9.47 Å². The normalized spacial score (nSPS) is 12.3. The van der Waals surface area contributed by atoms with Crippen LogP contribution in [0, 0.1) is 5.41 Å². The maximum atomic E-state index is 14.4. The number of hydrogen-bond acceptors (Lipinski definition) is 7. The van der Waals surface area contributed by atoms with Crippen LogP contribution in [-0.4, -0.2) is 53.3 Å². The number of para-hydroxylation sites is 1. The molecule has 45 heavy (non-hydrogen) atoms. The predicted octanol–water partition coefficient (Wildman–Crippen LogP) is 9.10. The molecule has 8 nitrogen and oxygen atoms in total. The summed E-state index contributed by atoms with van der Waals surface area (Å²) in [7, 11) is 3.91. The lowest BCUT2D eigenvalue weighted by molar-refractivity contribution is -0.140. The number of hydrogen-bond donors (Lipinski definition) is 1. The number of nitrogens with zero attached hydrogens (tertiary/aromatic N) is 4. The van der Waals surface area contributed by atoms with E-state index >= 15 is 0 Å². The number of pyridine rings is 1. The molecule has 2 aromatic carbocycles. The summed E-state index contributed by atoms with van der Waals surface area (Å²) in [4.78, 5) is 23.2. The number of halogens is 3. The highest BCUT2D eigenvalue weighted by atomic mass is 32.1. The first-order valence-electron chi connectivity index (χ1n) is 14.2. The molecule has 0 bridgehead atoms. The summed E-state index contributed by atoms with van der Waals surface area (Å²) in [6, 6.07) is 16.4. The van der Waals surface area contributed by atoms with E-state index in [-0.39, 0.29) is 32.8 Å². The van der Waals surface area contributed by atoms with Crippen molar-refractivity contribution in [2.75, 3.05) is 32.1 Å². The monoisotopic (exact) mass is 642 g/mol. The first-order chi connectivity index (χ1) is 21.0. The van der Waals surface area contributed by atoms with Gasteiger partial charge in [0.05, 0.1) is 11.5 Å². The summed E-state index contributed by atoms with van der Waals surface area (Å²) in [6.07, 6.45) is -5.00. The molecule has 0 fully saturated rings. The minimum atomic E-state index is -4.86. The van der Waals surface area contributed by atoms with Crippen molar-refractivity contribution in [2.24, 2.45) is 5.41 Å². The van der Waals surface area contributed by atoms with Crippen LogP contribution in [0.5, 0.6) is 17.4 Å². The summed E-state index contributed by atoms with van der Waals surface area (Å²) in [6.45, 7) is 11.1. The molecule has 0 unspecified atom stereocenters. The Bertz CT molecular complexity index is 1650. The molecule has 240 valence electrons. The topological polar surface area (TPSA) is 88.0 Å². The quantitative estimate of drug-likeness (QED) is 0.185. The van der Waals surface area contributed by atoms with Gasteiger partial charge in [0.25, 0.3) is 0 Å². The van der Waals surface area contributed by atoms with Crippen molar-refractivity contribution < 1.29 is 32.5 Å². The molecule has 4 rings (SSSR count). The fourth-order valence-corrected chi connectivity index (χ4v) is 5.99. The van der Waals surface area contributed by atoms with E-state index in [2.05, 4.69) is 9.97 Å². The summed E-state index contributed by atoms with van der Waals surface area (Å²) in [5.41, 5.74) is -0.781. The molecule has 0 atom stereocenters. The number of carbonyl (C=O) groups is 1. The average molecular weight is 643 g/mol. The number of amides is 1. The van der Waals surface area contributed by atoms with Crippen molar-refractivity contribution >= 4 is 28.2 Å². The molecular weight excluding hydrogens is 605 g/mol. The third-order valence-electron chi connectivity index (χ3n) is 6.63. The third kappa shape index (κ3) is 8.31. The maximum absolute atomic E-state index is 14.4. The van der Waals surface area contributed by atoms with E-state index in [0.717, 1.165) is 12.1 Å². The van der Waals surface area contributed by atoms with Gasteiger partial charge in [-0.15, -0.1) is 0 Å². The molecule has 0 aliphatic carbocycles. The molecule has 1 amide bonds. The van der Waals surface area contributed by atoms with Crippen LogP contribution in [0.1, 0.15) is 45.9 Å². The molecule has 0 radical (unpaired) electrons. The Morgan fingerprint density at radius 2 is 1.69 bits per heavy atom. The largest absolute Gasteiger partial charge is 0.493 e. The van der Waals surface area contributed by atoms with Crippen molar-refractivity contribution in [3.8, 4) is 27.8 Å². The van der Waals surface area contributed by atoms with Crippen LogP contribution >= 0.6 is 11.3 Å². The van der Waals surface area contributed by atoms with Crippen molar-refractivity contribution in [1.82, 2.24) is 14.9 Å². The third-order valence-corrected chi connectivity index (χ3v) is 7.72. The van der Waals surface area contributed by atoms with Gasteiger partial charge >= 0.3 is 12.3 Å². The smallest absolute Gasteiger partial charge is 0.434 e. The minimum Gasteiger partial charge on any atom is -0.493 e. The molecule has 4 aromatic rings. The van der Waals surface area contributed by atoms with Crippen molar-refractivity contribution in [3.05, 3.63) is 78.1 Å². The molecule has 12 heteroatoms. The van der Waals surface area contributed by atoms with Crippen LogP contribution in [0.4, 0.5) is 28.8 Å². The molecule has 2 aromatic heterocycles. The van der Waals surface area contributed by atoms with Crippen LogP contribution in [0.25, 0.3) is 10.4 Å². The van der Waals surface area contributed by atoms with Crippen molar-refractivity contribution in [1.29, 1.82) is 0 Å². The van der Waals surface area contributed by atoms with E-state index in [9.17, 15) is 23.1 Å². The number of anilines is 2. The highest BCUT2D eigenvalue weighted by Gasteiger charge is 2.40.